The van der Waals surface area contributed by atoms with Crippen molar-refractivity contribution in [2.75, 3.05) is 12.3 Å². The summed E-state index contributed by atoms with van der Waals surface area (Å²) >= 11 is 12.3. The number of benzene rings is 1. The van der Waals surface area contributed by atoms with E-state index in [1.165, 1.54) is 6.08 Å². The first kappa shape index (κ1) is 25.0. The summed E-state index contributed by atoms with van der Waals surface area (Å²) in [4.78, 5) is 50.3. The number of carbonyl (C=O) groups excluding carboxylic acids is 2. The molecule has 3 N–H and O–H groups in total. The monoisotopic (exact) mass is 505 g/mol. The van der Waals surface area contributed by atoms with Gasteiger partial charge in [-0.25, -0.2) is 14.3 Å². The number of aryl methyl sites for hydroxylation is 1. The van der Waals surface area contributed by atoms with Crippen molar-refractivity contribution in [1.29, 1.82) is 0 Å². The zero-order valence-corrected chi connectivity index (χ0v) is 19.8. The van der Waals surface area contributed by atoms with E-state index in [1.807, 2.05) is 17.1 Å². The van der Waals surface area contributed by atoms with Crippen molar-refractivity contribution in [2.45, 2.75) is 26.9 Å². The van der Waals surface area contributed by atoms with E-state index in [1.54, 1.807) is 30.7 Å². The molecule has 10 nitrogen and oxygen atoms in total. The number of ether oxygens (including phenoxy) is 1. The minimum atomic E-state index is -0.945. The lowest BCUT2D eigenvalue weighted by Crippen LogP contribution is -2.36. The smallest absolute Gasteiger partial charge is 0.331 e. The van der Waals surface area contributed by atoms with Gasteiger partial charge in [-0.3, -0.25) is 19.1 Å². The number of esters is 1. The summed E-state index contributed by atoms with van der Waals surface area (Å²) in [5.41, 5.74) is 5.68. The Morgan fingerprint density at radius 2 is 1.88 bits per heavy atom. The van der Waals surface area contributed by atoms with E-state index >= 15 is 0 Å². The molecule has 0 unspecified atom stereocenters. The number of halogens is 2. The Morgan fingerprint density at radius 1 is 1.21 bits per heavy atom. The number of aromatic amines is 1. The number of nitrogens with one attached hydrogen (secondary N) is 1. The molecule has 0 spiro atoms. The number of nitrogen functional groups attached to an aromatic ring is 1. The van der Waals surface area contributed by atoms with Gasteiger partial charge in [0.2, 0.25) is 5.78 Å². The lowest BCUT2D eigenvalue weighted by atomic mass is 10.2. The van der Waals surface area contributed by atoms with E-state index in [9.17, 15) is 19.2 Å². The third kappa shape index (κ3) is 5.46. The summed E-state index contributed by atoms with van der Waals surface area (Å²) in [6.45, 7) is 3.17. The highest BCUT2D eigenvalue weighted by Gasteiger charge is 2.20. The van der Waals surface area contributed by atoms with Gasteiger partial charge in [-0.2, -0.15) is 5.10 Å². The summed E-state index contributed by atoms with van der Waals surface area (Å²) in [7, 11) is 0. The van der Waals surface area contributed by atoms with E-state index in [0.29, 0.717) is 28.0 Å². The number of nitrogens with zero attached hydrogens (tertiary/aromatic N) is 3. The number of aromatic nitrogens is 4. The van der Waals surface area contributed by atoms with Gasteiger partial charge in [0, 0.05) is 23.2 Å². The number of carbonyl (C=O) groups is 2. The molecule has 3 aromatic rings. The molecular formula is C22H21Cl2N5O5. The number of ketones is 1. The number of hydrogen-bond acceptors (Lipinski definition) is 7. The highest BCUT2D eigenvalue weighted by atomic mass is 35.5. The number of hydrogen-bond donors (Lipinski definition) is 2. The Hall–Kier alpha value is -3.63. The van der Waals surface area contributed by atoms with Crippen molar-refractivity contribution >= 4 is 46.8 Å². The van der Waals surface area contributed by atoms with Crippen LogP contribution in [0.5, 0.6) is 0 Å². The third-order valence-electron chi connectivity index (χ3n) is 4.92. The first-order valence-electron chi connectivity index (χ1n) is 10.1. The van der Waals surface area contributed by atoms with Crippen LogP contribution in [0, 0.1) is 6.92 Å². The van der Waals surface area contributed by atoms with Gasteiger partial charge in [-0.1, -0.05) is 35.3 Å². The Balaban J connectivity index is 1.68. The summed E-state index contributed by atoms with van der Waals surface area (Å²) in [6, 6.07) is 7.23. The Morgan fingerprint density at radius 3 is 2.53 bits per heavy atom. The van der Waals surface area contributed by atoms with Crippen LogP contribution in [-0.2, 0) is 22.6 Å². The molecule has 0 amide bonds. The minimum absolute atomic E-state index is 0.149. The van der Waals surface area contributed by atoms with Crippen molar-refractivity contribution in [2.24, 2.45) is 0 Å². The molecule has 12 heteroatoms. The molecule has 0 fully saturated rings. The predicted molar refractivity (Wildman–Crippen MR) is 128 cm³/mol. The summed E-state index contributed by atoms with van der Waals surface area (Å²) < 4.78 is 7.54. The number of nitrogens with two attached hydrogens (primary N) is 1. The van der Waals surface area contributed by atoms with Crippen LogP contribution in [0.2, 0.25) is 10.2 Å². The maximum absolute atomic E-state index is 12.4. The van der Waals surface area contributed by atoms with E-state index in [2.05, 4.69) is 5.10 Å². The van der Waals surface area contributed by atoms with Gasteiger partial charge < -0.3 is 10.5 Å². The van der Waals surface area contributed by atoms with Crippen LogP contribution >= 0.6 is 23.2 Å². The van der Waals surface area contributed by atoms with E-state index in [-0.39, 0.29) is 12.4 Å². The van der Waals surface area contributed by atoms with Crippen molar-refractivity contribution < 1.29 is 14.3 Å². The third-order valence-corrected chi connectivity index (χ3v) is 5.57. The van der Waals surface area contributed by atoms with Crippen LogP contribution in [0.15, 0.2) is 39.9 Å². The van der Waals surface area contributed by atoms with Crippen molar-refractivity contribution in [3.8, 4) is 0 Å². The van der Waals surface area contributed by atoms with Gasteiger partial charge >= 0.3 is 11.7 Å². The second-order valence-electron chi connectivity index (χ2n) is 7.20. The van der Waals surface area contributed by atoms with Crippen LogP contribution in [0.1, 0.15) is 34.1 Å². The Bertz CT molecular complexity index is 1390. The number of anilines is 1. The summed E-state index contributed by atoms with van der Waals surface area (Å²) in [5, 5.41) is 5.31. The molecule has 0 aliphatic heterocycles. The maximum atomic E-state index is 12.4. The molecule has 178 valence electrons. The van der Waals surface area contributed by atoms with Gasteiger partial charge in [-0.15, -0.1) is 0 Å². The molecule has 1 aromatic carbocycles. The van der Waals surface area contributed by atoms with Crippen LogP contribution in [0.3, 0.4) is 0 Å². The Labute approximate surface area is 203 Å². The zero-order chi connectivity index (χ0) is 25.0. The van der Waals surface area contributed by atoms with Crippen molar-refractivity contribution in [3.05, 3.63) is 83.7 Å². The Kier molecular flexibility index (Phi) is 7.75. The summed E-state index contributed by atoms with van der Waals surface area (Å²) in [5.74, 6) is -1.97. The molecule has 0 radical (unpaired) electrons. The molecule has 3 rings (SSSR count). The lowest BCUT2D eigenvalue weighted by Gasteiger charge is -2.09. The first-order chi connectivity index (χ1) is 16.1. The second kappa shape index (κ2) is 10.5. The SMILES string of the molecule is CCn1c(N)c(C(=O)COC(=O)C=Cc2c(C)nn(Cc3ccc(Cl)cc3)c2Cl)c(=O)[nH]c1=O. The maximum Gasteiger partial charge on any atom is 0.331 e. The molecule has 0 saturated carbocycles. The largest absolute Gasteiger partial charge is 0.454 e. The normalized spacial score (nSPS) is 11.2. The molecule has 0 aliphatic rings. The fourth-order valence-electron chi connectivity index (χ4n) is 3.20. The molecule has 0 aliphatic carbocycles. The standard InChI is InChI=1S/C22H21Cl2N5O5/c1-3-28-20(25)18(21(32)26-22(28)33)16(30)11-34-17(31)9-8-15-12(2)27-29(19(15)24)10-13-4-6-14(23)7-5-13/h4-9H,3,10-11,25H2,1-2H3,(H,26,32,33). The minimum Gasteiger partial charge on any atom is -0.454 e. The highest BCUT2D eigenvalue weighted by Crippen LogP contribution is 2.23. The van der Waals surface area contributed by atoms with E-state index < -0.39 is 35.2 Å². The quantitative estimate of drug-likeness (QED) is 0.272. The van der Waals surface area contributed by atoms with Gasteiger partial charge in [0.05, 0.1) is 12.2 Å². The molecule has 0 saturated heterocycles. The van der Waals surface area contributed by atoms with Gasteiger partial charge in [0.15, 0.2) is 6.61 Å². The topological polar surface area (TPSA) is 142 Å². The molecule has 0 bridgehead atoms. The van der Waals surface area contributed by atoms with Crippen molar-refractivity contribution in [1.82, 2.24) is 19.3 Å². The molecular weight excluding hydrogens is 485 g/mol. The van der Waals surface area contributed by atoms with Crippen molar-refractivity contribution in [3.63, 3.8) is 0 Å². The fraction of sp³-hybridized carbons (Fsp3) is 0.227. The number of H-pyrrole nitrogens is 1. The number of Topliss-reactive ketones (excluding diaryl/α,β-unsaturated/α-hetero) is 1. The summed E-state index contributed by atoms with van der Waals surface area (Å²) in [6.07, 6.45) is 2.52. The van der Waals surface area contributed by atoms with Gasteiger partial charge in [0.25, 0.3) is 5.56 Å². The second-order valence-corrected chi connectivity index (χ2v) is 8.00. The molecule has 34 heavy (non-hydrogen) atoms. The molecule has 2 aromatic heterocycles. The number of rotatable bonds is 8. The average Bonchev–Trinajstić information content (AvgIpc) is 3.04. The molecule has 0 atom stereocenters. The average molecular weight is 506 g/mol. The highest BCUT2D eigenvalue weighted by molar-refractivity contribution is 6.31. The van der Waals surface area contributed by atoms with Crippen LogP contribution in [0.25, 0.3) is 6.08 Å². The van der Waals surface area contributed by atoms with Gasteiger partial charge in [0.1, 0.15) is 16.5 Å². The zero-order valence-electron chi connectivity index (χ0n) is 18.3. The van der Waals surface area contributed by atoms with Crippen LogP contribution in [-0.4, -0.2) is 37.7 Å². The first-order valence-corrected chi connectivity index (χ1v) is 10.9. The molecule has 2 heterocycles. The van der Waals surface area contributed by atoms with Crippen LogP contribution < -0.4 is 17.0 Å². The van der Waals surface area contributed by atoms with E-state index in [4.69, 9.17) is 33.7 Å². The lowest BCUT2D eigenvalue weighted by molar-refractivity contribution is -0.136. The van der Waals surface area contributed by atoms with Gasteiger partial charge in [-0.05, 0) is 37.6 Å². The van der Waals surface area contributed by atoms with E-state index in [0.717, 1.165) is 16.2 Å². The fourth-order valence-corrected chi connectivity index (χ4v) is 3.63. The van der Waals surface area contributed by atoms with Crippen LogP contribution in [0.4, 0.5) is 5.82 Å². The predicted octanol–water partition coefficient (Wildman–Crippen LogP) is 2.44.